The highest BCUT2D eigenvalue weighted by Crippen LogP contribution is 2.59. The Labute approximate surface area is 259 Å². The molecule has 4 aliphatic rings. The molecule has 0 aromatic heterocycles. The van der Waals surface area contributed by atoms with Crippen LogP contribution in [0.4, 0.5) is 5.69 Å². The molecule has 1 amide bonds. The standard InChI is InChI=1S/C33H44Cl2N2O5/c1-32-12-10-28-31(27(32)8-5-24(38)21-32)36-29(39)20-22-19-26(9-13-33(22,28)2)42-30(40)11-18-41-25-6-3-23(4-7-25)37(16-14-34)17-15-35/h3-4,6-7,20,26-28,31H,5,8-19,21H2,1-2H3,(H,36,39)/t26-,27+,28-,31-,32+,33-/m0/s1. The van der Waals surface area contributed by atoms with Gasteiger partial charge in [-0.3, -0.25) is 14.4 Å². The van der Waals surface area contributed by atoms with E-state index in [0.29, 0.717) is 67.5 Å². The van der Waals surface area contributed by atoms with Gasteiger partial charge in [-0.15, -0.1) is 23.2 Å². The lowest BCUT2D eigenvalue weighted by molar-refractivity contribution is -0.152. The summed E-state index contributed by atoms with van der Waals surface area (Å²) in [6.07, 6.45) is 8.05. The number of rotatable bonds is 10. The molecular formula is C33H44Cl2N2O5. The molecule has 0 bridgehead atoms. The Bertz CT molecular complexity index is 1180. The van der Waals surface area contributed by atoms with Gasteiger partial charge in [-0.2, -0.15) is 0 Å². The number of carbonyl (C=O) groups is 3. The summed E-state index contributed by atoms with van der Waals surface area (Å²) in [5, 5.41) is 3.36. The number of anilines is 1. The smallest absolute Gasteiger partial charge is 0.309 e. The zero-order chi connectivity index (χ0) is 29.9. The number of nitrogens with zero attached hydrogens (tertiary/aromatic N) is 1. The number of Topliss-reactive ketones (excluding diaryl/α,β-unsaturated/α-hetero) is 1. The van der Waals surface area contributed by atoms with Gasteiger partial charge in [0, 0.05) is 61.9 Å². The van der Waals surface area contributed by atoms with Crippen molar-refractivity contribution in [1.82, 2.24) is 5.32 Å². The predicted molar refractivity (Wildman–Crippen MR) is 165 cm³/mol. The van der Waals surface area contributed by atoms with Gasteiger partial charge in [0.25, 0.3) is 0 Å². The summed E-state index contributed by atoms with van der Waals surface area (Å²) in [4.78, 5) is 40.3. The van der Waals surface area contributed by atoms with Crippen molar-refractivity contribution in [3.63, 3.8) is 0 Å². The van der Waals surface area contributed by atoms with Crippen LogP contribution in [0.5, 0.6) is 5.75 Å². The van der Waals surface area contributed by atoms with E-state index in [1.807, 2.05) is 24.3 Å². The van der Waals surface area contributed by atoms with E-state index in [2.05, 4.69) is 24.1 Å². The zero-order valence-corrected chi connectivity index (χ0v) is 26.4. The van der Waals surface area contributed by atoms with Gasteiger partial charge in [0.15, 0.2) is 0 Å². The molecule has 0 unspecified atom stereocenters. The minimum absolute atomic E-state index is 0.0315. The minimum Gasteiger partial charge on any atom is -0.493 e. The molecule has 0 spiro atoms. The number of esters is 1. The van der Waals surface area contributed by atoms with E-state index in [1.54, 1.807) is 6.08 Å². The van der Waals surface area contributed by atoms with E-state index in [9.17, 15) is 14.4 Å². The summed E-state index contributed by atoms with van der Waals surface area (Å²) in [5.74, 6) is 2.40. The van der Waals surface area contributed by atoms with Crippen molar-refractivity contribution in [1.29, 1.82) is 0 Å². The first-order chi connectivity index (χ1) is 20.1. The van der Waals surface area contributed by atoms with Crippen LogP contribution in [-0.2, 0) is 19.1 Å². The summed E-state index contributed by atoms with van der Waals surface area (Å²) in [6, 6.07) is 7.78. The second-order valence-corrected chi connectivity index (χ2v) is 13.8. The lowest BCUT2D eigenvalue weighted by Gasteiger charge is -2.56. The number of halogens is 2. The van der Waals surface area contributed by atoms with E-state index in [4.69, 9.17) is 32.7 Å². The number of ether oxygens (including phenoxy) is 2. The molecule has 230 valence electrons. The SMILES string of the molecule is C[C@]12CC[C@H]3[C@@H](NC(=O)C=C4C[C@@H](OC(=O)CCOc5ccc(N(CCCl)CCCl)cc5)CC[C@@]43C)[C@H]1CCC(=O)C2. The molecule has 3 aliphatic carbocycles. The first-order valence-corrected chi connectivity index (χ1v) is 16.5. The fraction of sp³-hybridized carbons (Fsp3) is 0.667. The highest BCUT2D eigenvalue weighted by atomic mass is 35.5. The first kappa shape index (κ1) is 31.2. The number of hydrogen-bond donors (Lipinski definition) is 1. The van der Waals surface area contributed by atoms with Crippen LogP contribution < -0.4 is 15.0 Å². The Kier molecular flexibility index (Phi) is 9.78. The van der Waals surface area contributed by atoms with Gasteiger partial charge in [0.1, 0.15) is 17.6 Å². The van der Waals surface area contributed by atoms with Crippen LogP contribution in [0, 0.1) is 22.7 Å². The molecule has 9 heteroatoms. The summed E-state index contributed by atoms with van der Waals surface area (Å²) in [5.41, 5.74) is 1.97. The van der Waals surface area contributed by atoms with Crippen LogP contribution in [0.25, 0.3) is 0 Å². The van der Waals surface area contributed by atoms with Crippen molar-refractivity contribution >= 4 is 46.5 Å². The van der Waals surface area contributed by atoms with E-state index in [0.717, 1.165) is 43.4 Å². The van der Waals surface area contributed by atoms with Crippen LogP contribution in [0.2, 0.25) is 0 Å². The molecule has 1 aromatic carbocycles. The zero-order valence-electron chi connectivity index (χ0n) is 24.8. The number of carbonyl (C=O) groups excluding carboxylic acids is 3. The Morgan fingerprint density at radius 1 is 1.02 bits per heavy atom. The Balaban J connectivity index is 1.14. The predicted octanol–water partition coefficient (Wildman–Crippen LogP) is 6.05. The molecule has 1 N–H and O–H groups in total. The van der Waals surface area contributed by atoms with Crippen LogP contribution in [0.1, 0.15) is 71.6 Å². The largest absolute Gasteiger partial charge is 0.493 e. The average Bonchev–Trinajstić information content (AvgIpc) is 3.05. The maximum atomic E-state index is 13.1. The quantitative estimate of drug-likeness (QED) is 0.254. The van der Waals surface area contributed by atoms with Crippen molar-refractivity contribution in [3.05, 3.63) is 35.9 Å². The van der Waals surface area contributed by atoms with Crippen molar-refractivity contribution in [2.45, 2.75) is 83.8 Å². The second-order valence-electron chi connectivity index (χ2n) is 13.1. The number of hydrogen-bond acceptors (Lipinski definition) is 6. The lowest BCUT2D eigenvalue weighted by Crippen LogP contribution is -2.58. The van der Waals surface area contributed by atoms with E-state index in [-0.39, 0.29) is 47.9 Å². The highest BCUT2D eigenvalue weighted by molar-refractivity contribution is 6.18. The molecule has 3 fully saturated rings. The number of alkyl halides is 2. The molecule has 6 atom stereocenters. The van der Waals surface area contributed by atoms with E-state index in [1.165, 1.54) is 0 Å². The Hall–Kier alpha value is -2.25. The molecule has 1 aliphatic heterocycles. The van der Waals surface area contributed by atoms with Gasteiger partial charge >= 0.3 is 5.97 Å². The summed E-state index contributed by atoms with van der Waals surface area (Å²) in [7, 11) is 0. The van der Waals surface area contributed by atoms with Gasteiger partial charge in [0.05, 0.1) is 13.0 Å². The van der Waals surface area contributed by atoms with Crippen LogP contribution in [0.15, 0.2) is 35.9 Å². The number of amides is 1. The first-order valence-electron chi connectivity index (χ1n) is 15.5. The monoisotopic (exact) mass is 618 g/mol. The maximum absolute atomic E-state index is 13.1. The minimum atomic E-state index is -0.285. The number of benzene rings is 1. The lowest BCUT2D eigenvalue weighted by atomic mass is 9.50. The molecule has 0 saturated heterocycles. The Morgan fingerprint density at radius 2 is 1.76 bits per heavy atom. The molecule has 1 heterocycles. The van der Waals surface area contributed by atoms with Crippen LogP contribution >= 0.6 is 23.2 Å². The number of nitrogens with one attached hydrogen (secondary N) is 1. The molecule has 42 heavy (non-hydrogen) atoms. The van der Waals surface area contributed by atoms with Gasteiger partial charge in [-0.25, -0.2) is 0 Å². The third-order valence-electron chi connectivity index (χ3n) is 10.5. The maximum Gasteiger partial charge on any atom is 0.309 e. The van der Waals surface area contributed by atoms with Crippen LogP contribution in [0.3, 0.4) is 0 Å². The topological polar surface area (TPSA) is 84.9 Å². The molecule has 0 radical (unpaired) electrons. The summed E-state index contributed by atoms with van der Waals surface area (Å²) in [6.45, 7) is 6.20. The summed E-state index contributed by atoms with van der Waals surface area (Å²) >= 11 is 11.8. The molecule has 3 saturated carbocycles. The summed E-state index contributed by atoms with van der Waals surface area (Å²) < 4.78 is 11.7. The average molecular weight is 620 g/mol. The fourth-order valence-electron chi connectivity index (χ4n) is 8.22. The van der Waals surface area contributed by atoms with Crippen molar-refractivity contribution in [3.8, 4) is 5.75 Å². The third kappa shape index (κ3) is 6.62. The number of ketones is 1. The van der Waals surface area contributed by atoms with Gasteiger partial charge < -0.3 is 19.7 Å². The van der Waals surface area contributed by atoms with Gasteiger partial charge in [-0.1, -0.05) is 19.4 Å². The normalized spacial score (nSPS) is 32.3. The molecule has 5 rings (SSSR count). The molecule has 1 aromatic rings. The Morgan fingerprint density at radius 3 is 2.48 bits per heavy atom. The van der Waals surface area contributed by atoms with Crippen molar-refractivity contribution < 1.29 is 23.9 Å². The van der Waals surface area contributed by atoms with Gasteiger partial charge in [-0.05, 0) is 79.0 Å². The van der Waals surface area contributed by atoms with Crippen molar-refractivity contribution in [2.24, 2.45) is 22.7 Å². The van der Waals surface area contributed by atoms with E-state index < -0.39 is 0 Å². The molecule has 7 nitrogen and oxygen atoms in total. The highest BCUT2D eigenvalue weighted by Gasteiger charge is 2.56. The van der Waals surface area contributed by atoms with Crippen LogP contribution in [-0.4, -0.2) is 61.3 Å². The number of fused-ring (bicyclic) bond motifs is 5. The van der Waals surface area contributed by atoms with Gasteiger partial charge in [0.2, 0.25) is 5.91 Å². The second kappa shape index (κ2) is 13.2. The fourth-order valence-corrected chi connectivity index (χ4v) is 8.63. The van der Waals surface area contributed by atoms with Crippen molar-refractivity contribution in [2.75, 3.05) is 36.4 Å². The molecular weight excluding hydrogens is 575 g/mol. The van der Waals surface area contributed by atoms with E-state index >= 15 is 0 Å². The third-order valence-corrected chi connectivity index (χ3v) is 10.8.